The highest BCUT2D eigenvalue weighted by Gasteiger charge is 2.36. The Kier molecular flexibility index (Phi) is 20.4. The summed E-state index contributed by atoms with van der Waals surface area (Å²) in [5, 5.41) is 19.7. The summed E-state index contributed by atoms with van der Waals surface area (Å²) in [7, 11) is 0. The van der Waals surface area contributed by atoms with Crippen molar-refractivity contribution in [2.75, 3.05) is 0 Å². The van der Waals surface area contributed by atoms with Gasteiger partial charge in [0.15, 0.2) is 29.1 Å². The summed E-state index contributed by atoms with van der Waals surface area (Å²) in [5.74, 6) is 3.40. The smallest absolute Gasteiger partial charge is 0.164 e. The zero-order valence-electron chi connectivity index (χ0n) is 78.8. The van der Waals surface area contributed by atoms with Crippen LogP contribution in [0.4, 0.5) is 0 Å². The van der Waals surface area contributed by atoms with Gasteiger partial charge in [-0.1, -0.05) is 396 Å². The zero-order chi connectivity index (χ0) is 95.5. The molecule has 0 aliphatic heterocycles. The van der Waals surface area contributed by atoms with Gasteiger partial charge in [-0.3, -0.25) is 0 Å². The molecule has 10 heteroatoms. The molecular formula is C134H88N10. The summed E-state index contributed by atoms with van der Waals surface area (Å²) in [5.41, 5.74) is 31.3. The van der Waals surface area contributed by atoms with Gasteiger partial charge in [-0.25, -0.2) is 34.9 Å². The highest BCUT2D eigenvalue weighted by Crippen LogP contribution is 2.51. The fourth-order valence-corrected chi connectivity index (χ4v) is 22.2. The van der Waals surface area contributed by atoms with Crippen LogP contribution in [0.1, 0.15) is 25.0 Å². The van der Waals surface area contributed by atoms with Gasteiger partial charge in [-0.05, 0) is 203 Å². The Bertz CT molecular complexity index is 9900. The first-order chi connectivity index (χ1) is 71.2. The van der Waals surface area contributed by atoms with E-state index in [1.165, 1.54) is 147 Å². The summed E-state index contributed by atoms with van der Waals surface area (Å²) in [6.07, 6.45) is 0. The Morgan fingerprint density at radius 3 is 1.01 bits per heavy atom. The van der Waals surface area contributed by atoms with Crippen molar-refractivity contribution in [2.24, 2.45) is 0 Å². The van der Waals surface area contributed by atoms with E-state index in [1.54, 1.807) is 0 Å². The van der Waals surface area contributed by atoms with Gasteiger partial charge in [-0.15, -0.1) is 0 Å². The Balaban J connectivity index is 0.000000108. The molecule has 0 fully saturated rings. The molecule has 0 N–H and O–H groups in total. The van der Waals surface area contributed by atoms with Crippen LogP contribution in [0.2, 0.25) is 0 Å². The van der Waals surface area contributed by atoms with Crippen LogP contribution in [0.25, 0.3) is 260 Å². The molecule has 0 saturated carbocycles. The molecule has 10 nitrogen and oxygen atoms in total. The molecule has 28 aromatic rings. The average molecular weight is 1840 g/mol. The zero-order valence-corrected chi connectivity index (χ0v) is 78.8. The van der Waals surface area contributed by atoms with E-state index in [9.17, 15) is 0 Å². The molecule has 0 saturated heterocycles. The van der Waals surface area contributed by atoms with Crippen molar-refractivity contribution in [1.29, 1.82) is 0 Å². The monoisotopic (exact) mass is 1840 g/mol. The Hall–Kier alpha value is -19.0. The third-order valence-electron chi connectivity index (χ3n) is 29.1. The van der Waals surface area contributed by atoms with Crippen LogP contribution in [0, 0.1) is 0 Å². The van der Waals surface area contributed by atoms with Crippen LogP contribution in [-0.4, -0.2) is 48.6 Å². The maximum absolute atomic E-state index is 5.27. The number of fused-ring (bicyclic) bond motifs is 21. The lowest BCUT2D eigenvalue weighted by molar-refractivity contribution is 0.660. The molecular weight excluding hydrogens is 1750 g/mol. The molecule has 0 radical (unpaired) electrons. The van der Waals surface area contributed by atoms with Crippen molar-refractivity contribution < 1.29 is 0 Å². The lowest BCUT2D eigenvalue weighted by atomic mass is 9.82. The molecule has 6 aromatic heterocycles. The molecule has 1 aliphatic rings. The third kappa shape index (κ3) is 14.4. The predicted octanol–water partition coefficient (Wildman–Crippen LogP) is 34.3. The minimum atomic E-state index is -0.0808. The number of hydrogen-bond donors (Lipinski definition) is 0. The van der Waals surface area contributed by atoms with E-state index in [4.69, 9.17) is 34.9 Å². The first-order valence-corrected chi connectivity index (χ1v) is 49.1. The van der Waals surface area contributed by atoms with E-state index in [-0.39, 0.29) is 5.41 Å². The van der Waals surface area contributed by atoms with Gasteiger partial charge in [0.2, 0.25) is 0 Å². The number of rotatable bonds is 12. The lowest BCUT2D eigenvalue weighted by Crippen LogP contribution is -2.14. The number of nitrogens with zero attached hydrogens (tertiary/aromatic N) is 10. The van der Waals surface area contributed by atoms with E-state index in [1.807, 2.05) is 66.7 Å². The fourth-order valence-electron chi connectivity index (χ4n) is 22.2. The minimum Gasteiger partial charge on any atom is -0.309 e. The second-order valence-electron chi connectivity index (χ2n) is 37.7. The largest absolute Gasteiger partial charge is 0.309 e. The van der Waals surface area contributed by atoms with Crippen molar-refractivity contribution in [3.63, 3.8) is 0 Å². The van der Waals surface area contributed by atoms with Crippen LogP contribution < -0.4 is 0 Å². The van der Waals surface area contributed by atoms with E-state index in [0.29, 0.717) is 23.3 Å². The summed E-state index contributed by atoms with van der Waals surface area (Å²) >= 11 is 0. The molecule has 0 spiro atoms. The second kappa shape index (κ2) is 34.8. The number of aromatic nitrogens is 10. The van der Waals surface area contributed by atoms with E-state index < -0.39 is 0 Å². The highest BCUT2D eigenvalue weighted by atomic mass is 15.0. The number of hydrogen-bond acceptors (Lipinski definition) is 7. The number of benzene rings is 22. The molecule has 29 rings (SSSR count). The number of para-hydroxylation sites is 6. The molecule has 6 heterocycles. The first-order valence-electron chi connectivity index (χ1n) is 49.1. The van der Waals surface area contributed by atoms with Gasteiger partial charge < -0.3 is 13.7 Å². The van der Waals surface area contributed by atoms with Crippen molar-refractivity contribution in [2.45, 2.75) is 19.3 Å². The van der Waals surface area contributed by atoms with Gasteiger partial charge in [0.05, 0.1) is 55.5 Å². The van der Waals surface area contributed by atoms with Gasteiger partial charge >= 0.3 is 0 Å². The quantitative estimate of drug-likeness (QED) is 0.120. The Morgan fingerprint density at radius 2 is 0.493 bits per heavy atom. The molecule has 22 aromatic carbocycles. The molecule has 144 heavy (non-hydrogen) atoms. The van der Waals surface area contributed by atoms with Crippen molar-refractivity contribution >= 4 is 130 Å². The summed E-state index contributed by atoms with van der Waals surface area (Å²) in [6.45, 7) is 4.65. The van der Waals surface area contributed by atoms with E-state index in [2.05, 4.69) is 458 Å². The van der Waals surface area contributed by atoms with Gasteiger partial charge in [0.1, 0.15) is 0 Å². The molecule has 0 unspecified atom stereocenters. The SMILES string of the molecule is CC1(C)c2ccccc2-c2ccc(-c3nc(-c4ccc(-n5c6ccccc6c6c7ccccc7ccc65)cc4)nc4ccccc34)cc21.c1ccc(-c2nc(-c3ccccc3)nc(-c3ccc(-c4cc5c(c6ccccc46)c4ccccc4n5-c4ccccc4)cc3)n2)cc1.c1ccc2c(-c3ccc(-c4nc(-c5ccc(-n6c7ccccc7c7c8ccccc8ccc76)cc5)nc5ccccc45)cc3)cccc2c1. The highest BCUT2D eigenvalue weighted by molar-refractivity contribution is 6.26. The minimum absolute atomic E-state index is 0.0808. The maximum atomic E-state index is 5.27. The topological polar surface area (TPSA) is 105 Å². The van der Waals surface area contributed by atoms with Gasteiger partial charge in [0.25, 0.3) is 0 Å². The Morgan fingerprint density at radius 1 is 0.167 bits per heavy atom. The van der Waals surface area contributed by atoms with Crippen LogP contribution >= 0.6 is 0 Å². The van der Waals surface area contributed by atoms with Gasteiger partial charge in [-0.2, -0.15) is 0 Å². The van der Waals surface area contributed by atoms with E-state index >= 15 is 0 Å². The molecule has 0 bridgehead atoms. The molecule has 0 amide bonds. The second-order valence-corrected chi connectivity index (χ2v) is 37.7. The van der Waals surface area contributed by atoms with Crippen molar-refractivity contribution in [3.8, 4) is 130 Å². The van der Waals surface area contributed by atoms with E-state index in [0.717, 1.165) is 101 Å². The molecule has 0 atom stereocenters. The summed E-state index contributed by atoms with van der Waals surface area (Å²) < 4.78 is 7.12. The fraction of sp³-hybridized carbons (Fsp3) is 0.0224. The average Bonchev–Trinajstić information content (AvgIpc) is 1.57. The Labute approximate surface area is 830 Å². The van der Waals surface area contributed by atoms with Crippen LogP contribution in [-0.2, 0) is 5.41 Å². The normalized spacial score (nSPS) is 12.2. The predicted molar refractivity (Wildman–Crippen MR) is 598 cm³/mol. The van der Waals surface area contributed by atoms with Crippen LogP contribution in [0.15, 0.2) is 497 Å². The third-order valence-corrected chi connectivity index (χ3v) is 29.1. The summed E-state index contributed by atoms with van der Waals surface area (Å²) in [4.78, 5) is 35.3. The lowest BCUT2D eigenvalue weighted by Gasteiger charge is -2.22. The van der Waals surface area contributed by atoms with Gasteiger partial charge in [0, 0.05) is 105 Å². The first kappa shape index (κ1) is 84.3. The summed E-state index contributed by atoms with van der Waals surface area (Å²) in [6, 6.07) is 176. The maximum Gasteiger partial charge on any atom is 0.164 e. The standard InChI is InChI=1S/C46H29N3.C45H31N3.C43H28N4/c1-3-13-36-30(10-1)12-9-17-37(36)32-20-22-33(23-21-32)45-39-15-5-7-18-41(39)47-46(48-45)34-24-27-35(28-25-34)49-42-19-8-6-16-40(42)44-38-14-4-2-11-31(38)26-29-43(44)49;1-45(2)37-16-8-5-13-33(37)34-25-21-30(27-38(34)45)43-35-14-6-9-17-39(35)46-44(47-43)29-19-23-31(24-20-29)48-40-18-10-7-15-36(40)42-32-12-4-3-11-28(32)22-26-41(42)48;1-4-14-30(15-5-1)41-44-42(31-16-6-2-7-17-31)46-43(45-41)32-26-24-29(25-27-32)37-28-39-40(35-21-11-10-20-34(35)37)36-22-12-13-23-38(36)47(39)33-18-8-3-9-19-33/h1-29H;3-27H,1-2H3;1-28H. The molecule has 674 valence electrons. The van der Waals surface area contributed by atoms with Crippen molar-refractivity contribution in [1.82, 2.24) is 48.6 Å². The molecule has 1 aliphatic carbocycles. The van der Waals surface area contributed by atoms with Crippen LogP contribution in [0.3, 0.4) is 0 Å². The van der Waals surface area contributed by atoms with Crippen molar-refractivity contribution in [3.05, 3.63) is 509 Å². The van der Waals surface area contributed by atoms with Crippen LogP contribution in [0.5, 0.6) is 0 Å².